The van der Waals surface area contributed by atoms with Crippen LogP contribution < -0.4 is 10.6 Å². The third-order valence-electron chi connectivity index (χ3n) is 3.93. The predicted octanol–water partition coefficient (Wildman–Crippen LogP) is 0.233. The molecular formula is C13H22N4O. The van der Waals surface area contributed by atoms with E-state index in [0.717, 1.165) is 12.5 Å². The van der Waals surface area contributed by atoms with Crippen molar-refractivity contribution in [2.75, 3.05) is 26.2 Å². The maximum Gasteiger partial charge on any atom is 0.233 e. The number of amides is 1. The highest BCUT2D eigenvalue weighted by Gasteiger charge is 2.31. The molecule has 0 saturated carbocycles. The van der Waals surface area contributed by atoms with E-state index in [1.165, 1.54) is 32.4 Å². The summed E-state index contributed by atoms with van der Waals surface area (Å²) in [6.45, 7) is 3.26. The number of nitrogens with one attached hydrogen (secondary N) is 2. The first-order valence-electron chi connectivity index (χ1n) is 6.90. The van der Waals surface area contributed by atoms with Gasteiger partial charge >= 0.3 is 0 Å². The maximum absolute atomic E-state index is 11.5. The van der Waals surface area contributed by atoms with Crippen LogP contribution in [-0.2, 0) is 4.79 Å². The first kappa shape index (κ1) is 13.3. The molecule has 0 aromatic heterocycles. The van der Waals surface area contributed by atoms with Crippen molar-refractivity contribution in [3.63, 3.8) is 0 Å². The number of hydrogen-bond acceptors (Lipinski definition) is 4. The molecule has 0 aromatic rings. The van der Waals surface area contributed by atoms with Gasteiger partial charge in [0, 0.05) is 18.6 Å². The minimum Gasteiger partial charge on any atom is -0.354 e. The SMILES string of the molecule is N#CCCNC(=O)CNC1CCN2CCCC2C1. The van der Waals surface area contributed by atoms with Gasteiger partial charge in [-0.25, -0.2) is 0 Å². The Morgan fingerprint density at radius 1 is 1.39 bits per heavy atom. The molecule has 0 radical (unpaired) electrons. The van der Waals surface area contributed by atoms with Gasteiger partial charge in [-0.05, 0) is 38.8 Å². The van der Waals surface area contributed by atoms with E-state index in [4.69, 9.17) is 5.26 Å². The summed E-state index contributed by atoms with van der Waals surface area (Å²) in [5, 5.41) is 14.5. The predicted molar refractivity (Wildman–Crippen MR) is 68.9 cm³/mol. The Morgan fingerprint density at radius 2 is 2.28 bits per heavy atom. The zero-order valence-electron chi connectivity index (χ0n) is 10.8. The van der Waals surface area contributed by atoms with Gasteiger partial charge in [0.25, 0.3) is 0 Å². The molecule has 0 aliphatic carbocycles. The van der Waals surface area contributed by atoms with Gasteiger partial charge in [-0.3, -0.25) is 4.79 Å². The topological polar surface area (TPSA) is 68.2 Å². The Morgan fingerprint density at radius 3 is 3.11 bits per heavy atom. The van der Waals surface area contributed by atoms with Gasteiger partial charge in [0.05, 0.1) is 19.0 Å². The zero-order chi connectivity index (χ0) is 12.8. The fourth-order valence-corrected chi connectivity index (χ4v) is 2.97. The minimum atomic E-state index is -0.000832. The van der Waals surface area contributed by atoms with Crippen LogP contribution >= 0.6 is 0 Å². The molecule has 18 heavy (non-hydrogen) atoms. The van der Waals surface area contributed by atoms with Crippen LogP contribution in [0, 0.1) is 11.3 Å². The first-order chi connectivity index (χ1) is 8.79. The second-order valence-electron chi connectivity index (χ2n) is 5.19. The lowest BCUT2D eigenvalue weighted by atomic mass is 9.97. The number of piperidine rings is 1. The van der Waals surface area contributed by atoms with E-state index in [-0.39, 0.29) is 5.91 Å². The van der Waals surface area contributed by atoms with Crippen molar-refractivity contribution in [3.8, 4) is 6.07 Å². The molecule has 2 aliphatic heterocycles. The summed E-state index contributed by atoms with van der Waals surface area (Å²) in [5.41, 5.74) is 0. The summed E-state index contributed by atoms with van der Waals surface area (Å²) in [6.07, 6.45) is 5.33. The molecule has 0 aromatic carbocycles. The molecule has 0 spiro atoms. The monoisotopic (exact) mass is 250 g/mol. The normalized spacial score (nSPS) is 27.5. The maximum atomic E-state index is 11.5. The average Bonchev–Trinajstić information content (AvgIpc) is 2.84. The highest BCUT2D eigenvalue weighted by molar-refractivity contribution is 5.77. The lowest BCUT2D eigenvalue weighted by Crippen LogP contribution is -2.48. The van der Waals surface area contributed by atoms with E-state index < -0.39 is 0 Å². The third-order valence-corrected chi connectivity index (χ3v) is 3.93. The highest BCUT2D eigenvalue weighted by atomic mass is 16.1. The standard InChI is InChI=1S/C13H22N4O/c14-5-2-6-15-13(18)10-16-11-4-8-17-7-1-3-12(17)9-11/h11-12,16H,1-4,6-10H2,(H,15,18). The highest BCUT2D eigenvalue weighted by Crippen LogP contribution is 2.26. The van der Waals surface area contributed by atoms with Crippen molar-refractivity contribution < 1.29 is 4.79 Å². The molecule has 5 nitrogen and oxygen atoms in total. The van der Waals surface area contributed by atoms with Crippen molar-refractivity contribution in [1.29, 1.82) is 5.26 Å². The molecule has 2 rings (SSSR count). The summed E-state index contributed by atoms with van der Waals surface area (Å²) in [6, 6.07) is 3.23. The number of carbonyl (C=O) groups is 1. The third kappa shape index (κ3) is 3.69. The van der Waals surface area contributed by atoms with E-state index in [1.54, 1.807) is 0 Å². The van der Waals surface area contributed by atoms with Gasteiger partial charge in [-0.15, -0.1) is 0 Å². The minimum absolute atomic E-state index is 0.000832. The van der Waals surface area contributed by atoms with Gasteiger partial charge in [-0.1, -0.05) is 0 Å². The van der Waals surface area contributed by atoms with Crippen molar-refractivity contribution in [3.05, 3.63) is 0 Å². The number of nitrogens with zero attached hydrogens (tertiary/aromatic N) is 2. The molecule has 1 amide bonds. The van der Waals surface area contributed by atoms with Crippen LogP contribution in [0.15, 0.2) is 0 Å². The zero-order valence-corrected chi connectivity index (χ0v) is 10.8. The quantitative estimate of drug-likeness (QED) is 0.686. The molecule has 2 aliphatic rings. The van der Waals surface area contributed by atoms with Gasteiger partial charge in [-0.2, -0.15) is 5.26 Å². The van der Waals surface area contributed by atoms with E-state index in [9.17, 15) is 4.79 Å². The van der Waals surface area contributed by atoms with Crippen LogP contribution in [0.5, 0.6) is 0 Å². The Balaban J connectivity index is 1.62. The number of carbonyl (C=O) groups excluding carboxylic acids is 1. The first-order valence-corrected chi connectivity index (χ1v) is 6.90. The number of nitriles is 1. The molecule has 0 bridgehead atoms. The van der Waals surface area contributed by atoms with E-state index in [0.29, 0.717) is 25.6 Å². The Labute approximate surface area is 109 Å². The van der Waals surface area contributed by atoms with Crippen LogP contribution in [0.4, 0.5) is 0 Å². The lowest BCUT2D eigenvalue weighted by Gasteiger charge is -2.35. The van der Waals surface area contributed by atoms with Crippen LogP contribution in [0.2, 0.25) is 0 Å². The molecule has 2 unspecified atom stereocenters. The summed E-state index contributed by atoms with van der Waals surface area (Å²) in [4.78, 5) is 14.1. The van der Waals surface area contributed by atoms with E-state index in [1.807, 2.05) is 6.07 Å². The van der Waals surface area contributed by atoms with E-state index in [2.05, 4.69) is 15.5 Å². The van der Waals surface area contributed by atoms with Crippen LogP contribution in [-0.4, -0.2) is 49.1 Å². The van der Waals surface area contributed by atoms with Gasteiger partial charge in [0.2, 0.25) is 5.91 Å². The Kier molecular flexibility index (Phi) is 4.97. The summed E-state index contributed by atoms with van der Waals surface area (Å²) in [7, 11) is 0. The second kappa shape index (κ2) is 6.72. The van der Waals surface area contributed by atoms with Crippen LogP contribution in [0.3, 0.4) is 0 Å². The fraction of sp³-hybridized carbons (Fsp3) is 0.846. The van der Waals surface area contributed by atoms with Crippen LogP contribution in [0.1, 0.15) is 32.1 Å². The van der Waals surface area contributed by atoms with Crippen molar-refractivity contribution in [2.45, 2.75) is 44.2 Å². The smallest absolute Gasteiger partial charge is 0.233 e. The van der Waals surface area contributed by atoms with Crippen molar-refractivity contribution in [1.82, 2.24) is 15.5 Å². The van der Waals surface area contributed by atoms with Gasteiger partial charge < -0.3 is 15.5 Å². The summed E-state index contributed by atoms with van der Waals surface area (Å²) in [5.74, 6) is -0.000832. The molecule has 2 saturated heterocycles. The lowest BCUT2D eigenvalue weighted by molar-refractivity contribution is -0.120. The molecule has 2 atom stereocenters. The number of rotatable bonds is 5. The fourth-order valence-electron chi connectivity index (χ4n) is 2.97. The van der Waals surface area contributed by atoms with Crippen molar-refractivity contribution >= 4 is 5.91 Å². The molecule has 2 fully saturated rings. The second-order valence-corrected chi connectivity index (χ2v) is 5.19. The van der Waals surface area contributed by atoms with Gasteiger partial charge in [0.15, 0.2) is 0 Å². The number of hydrogen-bond donors (Lipinski definition) is 2. The molecule has 100 valence electrons. The molecule has 5 heteroatoms. The summed E-state index contributed by atoms with van der Waals surface area (Å²) < 4.78 is 0. The molecule has 2 heterocycles. The average molecular weight is 250 g/mol. The molecule has 2 N–H and O–H groups in total. The van der Waals surface area contributed by atoms with E-state index >= 15 is 0 Å². The largest absolute Gasteiger partial charge is 0.354 e. The Hall–Kier alpha value is -1.12. The summed E-state index contributed by atoms with van der Waals surface area (Å²) >= 11 is 0. The Bertz CT molecular complexity index is 325. The number of fused-ring (bicyclic) bond motifs is 1. The van der Waals surface area contributed by atoms with Gasteiger partial charge in [0.1, 0.15) is 0 Å². The van der Waals surface area contributed by atoms with Crippen molar-refractivity contribution in [2.24, 2.45) is 0 Å². The van der Waals surface area contributed by atoms with Crippen LogP contribution in [0.25, 0.3) is 0 Å². The molecular weight excluding hydrogens is 228 g/mol.